The molecule has 0 bridgehead atoms. The lowest BCUT2D eigenvalue weighted by atomic mass is 10.2. The van der Waals surface area contributed by atoms with Gasteiger partial charge in [0.25, 0.3) is 0 Å². The number of anilines is 1. The third kappa shape index (κ3) is 6.69. The van der Waals surface area contributed by atoms with Crippen molar-refractivity contribution in [2.24, 2.45) is 5.73 Å². The summed E-state index contributed by atoms with van der Waals surface area (Å²) < 4.78 is 5.02. The molecule has 3 amide bonds. The lowest BCUT2D eigenvalue weighted by Gasteiger charge is -2.22. The van der Waals surface area contributed by atoms with Crippen LogP contribution in [0, 0.1) is 0 Å². The van der Waals surface area contributed by atoms with Gasteiger partial charge in [-0.3, -0.25) is 14.6 Å². The third-order valence-electron chi connectivity index (χ3n) is 2.37. The van der Waals surface area contributed by atoms with Crippen molar-refractivity contribution in [3.05, 3.63) is 24.5 Å². The number of ether oxygens (including phenoxy) is 1. The average Bonchev–Trinajstić information content (AvgIpc) is 2.36. The Labute approximate surface area is 128 Å². The summed E-state index contributed by atoms with van der Waals surface area (Å²) in [7, 11) is 0. The number of carbonyl (C=O) groups is 3. The zero-order valence-electron chi connectivity index (χ0n) is 12.8. The third-order valence-corrected chi connectivity index (χ3v) is 2.37. The number of hydrogen-bond donors (Lipinski definition) is 3. The molecule has 8 nitrogen and oxygen atoms in total. The van der Waals surface area contributed by atoms with E-state index >= 15 is 0 Å². The summed E-state index contributed by atoms with van der Waals surface area (Å²) in [4.78, 5) is 38.7. The second kappa shape index (κ2) is 7.39. The van der Waals surface area contributed by atoms with Gasteiger partial charge in [0.05, 0.1) is 18.3 Å². The molecule has 0 unspecified atom stereocenters. The van der Waals surface area contributed by atoms with Crippen molar-refractivity contribution in [1.29, 1.82) is 0 Å². The zero-order valence-corrected chi connectivity index (χ0v) is 12.8. The minimum Gasteiger partial charge on any atom is -0.444 e. The molecule has 0 saturated carbocycles. The topological polar surface area (TPSA) is 123 Å². The number of rotatable bonds is 5. The number of nitrogens with one attached hydrogen (secondary N) is 2. The highest BCUT2D eigenvalue weighted by molar-refractivity contribution is 5.96. The van der Waals surface area contributed by atoms with Crippen LogP contribution in [0.4, 0.5) is 10.5 Å². The molecule has 0 spiro atoms. The van der Waals surface area contributed by atoms with Gasteiger partial charge >= 0.3 is 6.09 Å². The number of primary amides is 1. The van der Waals surface area contributed by atoms with Crippen molar-refractivity contribution < 1.29 is 19.1 Å². The van der Waals surface area contributed by atoms with Gasteiger partial charge < -0.3 is 21.1 Å². The summed E-state index contributed by atoms with van der Waals surface area (Å²) >= 11 is 0. The van der Waals surface area contributed by atoms with Gasteiger partial charge in [-0.1, -0.05) is 0 Å². The minimum absolute atomic E-state index is 0.302. The molecule has 1 aromatic rings. The Morgan fingerprint density at radius 1 is 1.36 bits per heavy atom. The first kappa shape index (κ1) is 17.4. The van der Waals surface area contributed by atoms with Crippen LogP contribution in [0.3, 0.4) is 0 Å². The molecule has 0 saturated heterocycles. The van der Waals surface area contributed by atoms with Crippen LogP contribution in [0.2, 0.25) is 0 Å². The van der Waals surface area contributed by atoms with Crippen LogP contribution in [0.15, 0.2) is 24.5 Å². The molecule has 1 aromatic heterocycles. The molecule has 0 aliphatic heterocycles. The van der Waals surface area contributed by atoms with E-state index < -0.39 is 29.6 Å². The Bertz CT molecular complexity index is 540. The number of alkyl carbamates (subject to hydrolysis) is 1. The second-order valence-electron chi connectivity index (χ2n) is 5.60. The van der Waals surface area contributed by atoms with Crippen LogP contribution in [0.25, 0.3) is 0 Å². The van der Waals surface area contributed by atoms with Gasteiger partial charge in [0.2, 0.25) is 11.8 Å². The highest BCUT2D eigenvalue weighted by atomic mass is 16.6. The predicted molar refractivity (Wildman–Crippen MR) is 79.8 cm³/mol. The van der Waals surface area contributed by atoms with E-state index in [0.717, 1.165) is 0 Å². The smallest absolute Gasteiger partial charge is 0.408 e. The summed E-state index contributed by atoms with van der Waals surface area (Å²) in [5.41, 5.74) is 4.95. The number of carbonyl (C=O) groups excluding carboxylic acids is 3. The maximum atomic E-state index is 11.9. The van der Waals surface area contributed by atoms with Crippen molar-refractivity contribution in [3.63, 3.8) is 0 Å². The van der Waals surface area contributed by atoms with Crippen LogP contribution in [-0.4, -0.2) is 34.5 Å². The molecule has 8 heteroatoms. The van der Waals surface area contributed by atoms with Crippen LogP contribution in [0.1, 0.15) is 27.2 Å². The van der Waals surface area contributed by atoms with Crippen molar-refractivity contribution in [1.82, 2.24) is 10.3 Å². The number of amides is 3. The van der Waals surface area contributed by atoms with E-state index in [4.69, 9.17) is 10.5 Å². The van der Waals surface area contributed by atoms with E-state index in [9.17, 15) is 14.4 Å². The minimum atomic E-state index is -1.16. The standard InChI is InChI=1S/C14H20N4O4/c1-14(2,3)22-13(21)18-10(12(15)20)7-11(19)17-9-5-4-6-16-8-9/h4-6,8,10H,7H2,1-3H3,(H2,15,20)(H,17,19)(H,18,21)/t10-/m1/s1. The van der Waals surface area contributed by atoms with Crippen LogP contribution in [-0.2, 0) is 14.3 Å². The number of hydrogen-bond acceptors (Lipinski definition) is 5. The first-order valence-corrected chi connectivity index (χ1v) is 6.66. The van der Waals surface area contributed by atoms with Gasteiger partial charge in [-0.2, -0.15) is 0 Å². The Kier molecular flexibility index (Phi) is 5.85. The monoisotopic (exact) mass is 308 g/mol. The van der Waals surface area contributed by atoms with Gasteiger partial charge in [0, 0.05) is 6.20 Å². The molecule has 1 rings (SSSR count). The van der Waals surface area contributed by atoms with Gasteiger partial charge in [-0.25, -0.2) is 4.79 Å². The Morgan fingerprint density at radius 3 is 2.55 bits per heavy atom. The zero-order chi connectivity index (χ0) is 16.8. The molecule has 0 fully saturated rings. The summed E-state index contributed by atoms with van der Waals surface area (Å²) in [5, 5.41) is 4.82. The van der Waals surface area contributed by atoms with Crippen LogP contribution >= 0.6 is 0 Å². The molecule has 22 heavy (non-hydrogen) atoms. The summed E-state index contributed by atoms with van der Waals surface area (Å²) in [6, 6.07) is 2.14. The molecule has 120 valence electrons. The van der Waals surface area contributed by atoms with E-state index in [1.807, 2.05) is 0 Å². The SMILES string of the molecule is CC(C)(C)OC(=O)N[C@H](CC(=O)Nc1cccnc1)C(N)=O. The summed E-state index contributed by atoms with van der Waals surface area (Å²) in [6.07, 6.45) is 1.90. The maximum Gasteiger partial charge on any atom is 0.408 e. The number of nitrogens with zero attached hydrogens (tertiary/aromatic N) is 1. The molecule has 0 aliphatic carbocycles. The highest BCUT2D eigenvalue weighted by Crippen LogP contribution is 2.08. The quantitative estimate of drug-likeness (QED) is 0.742. The highest BCUT2D eigenvalue weighted by Gasteiger charge is 2.24. The van der Waals surface area contributed by atoms with Crippen molar-refractivity contribution >= 4 is 23.6 Å². The number of nitrogens with two attached hydrogens (primary N) is 1. The fourth-order valence-corrected chi connectivity index (χ4v) is 1.51. The molecule has 0 radical (unpaired) electrons. The van der Waals surface area contributed by atoms with E-state index in [0.29, 0.717) is 5.69 Å². The molecule has 4 N–H and O–H groups in total. The first-order valence-electron chi connectivity index (χ1n) is 6.66. The fourth-order valence-electron chi connectivity index (χ4n) is 1.51. The average molecular weight is 308 g/mol. The van der Waals surface area contributed by atoms with Crippen molar-refractivity contribution in [2.75, 3.05) is 5.32 Å². The normalized spacial score (nSPS) is 12.1. The van der Waals surface area contributed by atoms with E-state index in [1.54, 1.807) is 39.1 Å². The summed E-state index contributed by atoms with van der Waals surface area (Å²) in [6.45, 7) is 5.04. The Morgan fingerprint density at radius 2 is 2.05 bits per heavy atom. The maximum absolute atomic E-state index is 11.9. The fraction of sp³-hybridized carbons (Fsp3) is 0.429. The number of pyridine rings is 1. The van der Waals surface area contributed by atoms with Crippen LogP contribution < -0.4 is 16.4 Å². The number of aromatic nitrogens is 1. The van der Waals surface area contributed by atoms with E-state index in [1.165, 1.54) is 6.20 Å². The Hall–Kier alpha value is -2.64. The van der Waals surface area contributed by atoms with Crippen molar-refractivity contribution in [3.8, 4) is 0 Å². The summed E-state index contributed by atoms with van der Waals surface area (Å²) in [5.74, 6) is -1.31. The molecule has 1 heterocycles. The molecule has 0 aliphatic rings. The van der Waals surface area contributed by atoms with Gasteiger partial charge in [-0.05, 0) is 32.9 Å². The molecular weight excluding hydrogens is 288 g/mol. The first-order chi connectivity index (χ1) is 10.2. The Balaban J connectivity index is 2.59. The van der Waals surface area contributed by atoms with Crippen LogP contribution in [0.5, 0.6) is 0 Å². The van der Waals surface area contributed by atoms with Crippen molar-refractivity contribution in [2.45, 2.75) is 38.8 Å². The molecular formula is C14H20N4O4. The molecule has 0 aromatic carbocycles. The van der Waals surface area contributed by atoms with Gasteiger partial charge in [0.15, 0.2) is 0 Å². The van der Waals surface area contributed by atoms with E-state index in [2.05, 4.69) is 15.6 Å². The largest absolute Gasteiger partial charge is 0.444 e. The molecule has 1 atom stereocenters. The van der Waals surface area contributed by atoms with Gasteiger partial charge in [0.1, 0.15) is 11.6 Å². The second-order valence-corrected chi connectivity index (χ2v) is 5.60. The van der Waals surface area contributed by atoms with Gasteiger partial charge in [-0.15, -0.1) is 0 Å². The lowest BCUT2D eigenvalue weighted by Crippen LogP contribution is -2.47. The predicted octanol–water partition coefficient (Wildman–Crippen LogP) is 0.789. The lowest BCUT2D eigenvalue weighted by molar-refractivity contribution is -0.124. The van der Waals surface area contributed by atoms with E-state index in [-0.39, 0.29) is 6.42 Å².